The molecule has 0 atom stereocenters. The van der Waals surface area contributed by atoms with Gasteiger partial charge in [0.05, 0.1) is 28.2 Å². The van der Waals surface area contributed by atoms with E-state index in [1.807, 2.05) is 0 Å². The molecule has 0 aliphatic rings. The van der Waals surface area contributed by atoms with Crippen molar-refractivity contribution in [3.05, 3.63) is 75.6 Å². The number of hydrogen-bond donors (Lipinski definition) is 2. The zero-order valence-corrected chi connectivity index (χ0v) is 14.8. The van der Waals surface area contributed by atoms with E-state index in [1.165, 1.54) is 32.2 Å². The molecule has 0 fully saturated rings. The summed E-state index contributed by atoms with van der Waals surface area (Å²) in [6.07, 6.45) is 4.49. The van der Waals surface area contributed by atoms with Crippen LogP contribution in [-0.4, -0.2) is 34.0 Å². The topological polar surface area (TPSA) is 127 Å². The van der Waals surface area contributed by atoms with Gasteiger partial charge in [0.1, 0.15) is 5.76 Å². The number of ether oxygens (including phenoxy) is 1. The highest BCUT2D eigenvalue weighted by molar-refractivity contribution is 5.96. The van der Waals surface area contributed by atoms with E-state index >= 15 is 0 Å². The number of aromatic carboxylic acids is 1. The number of allylic oxidation sites excluding steroid dienone is 4. The molecular weight excluding hydrogens is 342 g/mol. The van der Waals surface area contributed by atoms with Crippen molar-refractivity contribution in [2.45, 2.75) is 20.5 Å². The summed E-state index contributed by atoms with van der Waals surface area (Å²) in [5.74, 6) is -1.43. The van der Waals surface area contributed by atoms with Crippen LogP contribution in [0.1, 0.15) is 29.8 Å². The number of nitro groups is 1. The molecule has 0 aliphatic carbocycles. The van der Waals surface area contributed by atoms with Gasteiger partial charge in [0.2, 0.25) is 0 Å². The summed E-state index contributed by atoms with van der Waals surface area (Å²) in [7, 11) is 1.41. The summed E-state index contributed by atoms with van der Waals surface area (Å²) in [6.45, 7) is 6.61. The lowest BCUT2D eigenvalue weighted by molar-refractivity contribution is -0.385. The Kier molecular flexibility index (Phi) is 9.90. The molecule has 1 aromatic carbocycles. The van der Waals surface area contributed by atoms with Gasteiger partial charge in [-0.05, 0) is 32.1 Å². The third kappa shape index (κ3) is 7.10. The fourth-order valence-electron chi connectivity index (χ4n) is 1.80. The molecule has 0 bridgehead atoms. The second-order valence-corrected chi connectivity index (χ2v) is 4.90. The van der Waals surface area contributed by atoms with Crippen LogP contribution in [0.3, 0.4) is 0 Å². The monoisotopic (exact) mass is 363 g/mol. The molecule has 1 aromatic rings. The molecular formula is C18H21NO7. The Labute approximate surface area is 150 Å². The number of ketones is 1. The van der Waals surface area contributed by atoms with Crippen molar-refractivity contribution in [1.82, 2.24) is 0 Å². The molecule has 8 heteroatoms. The molecule has 0 unspecified atom stereocenters. The first-order valence-corrected chi connectivity index (χ1v) is 7.38. The van der Waals surface area contributed by atoms with Crippen molar-refractivity contribution in [2.75, 3.05) is 7.11 Å². The minimum Gasteiger partial charge on any atom is -0.507 e. The normalized spacial score (nSPS) is 11.2. The third-order valence-electron chi connectivity index (χ3n) is 3.01. The number of nitrogens with zero attached hydrogens (tertiary/aromatic N) is 1. The predicted octanol–water partition coefficient (Wildman–Crippen LogP) is 3.59. The van der Waals surface area contributed by atoms with Crippen LogP contribution in [0.25, 0.3) is 0 Å². The number of nitro benzene ring substituents is 1. The summed E-state index contributed by atoms with van der Waals surface area (Å²) in [5.41, 5.74) is 0.299. The summed E-state index contributed by atoms with van der Waals surface area (Å²) in [6, 6.07) is 3.71. The smallest absolute Gasteiger partial charge is 0.335 e. The molecule has 0 aromatic heterocycles. The number of aliphatic hydroxyl groups excluding tert-OH is 1. The first-order chi connectivity index (χ1) is 12.2. The number of carboxylic acid groups (broad SMARTS) is 1. The maximum Gasteiger partial charge on any atom is 0.335 e. The zero-order chi connectivity index (χ0) is 20.3. The molecule has 0 heterocycles. The van der Waals surface area contributed by atoms with Crippen LogP contribution in [0.4, 0.5) is 5.69 Å². The largest absolute Gasteiger partial charge is 0.507 e. The summed E-state index contributed by atoms with van der Waals surface area (Å²) < 4.78 is 4.77. The summed E-state index contributed by atoms with van der Waals surface area (Å²) in [4.78, 5) is 31.4. The zero-order valence-electron chi connectivity index (χ0n) is 14.8. The van der Waals surface area contributed by atoms with E-state index in [1.54, 1.807) is 19.1 Å². The van der Waals surface area contributed by atoms with Gasteiger partial charge < -0.3 is 14.9 Å². The minimum atomic E-state index is -1.19. The summed E-state index contributed by atoms with van der Waals surface area (Å²) in [5, 5.41) is 28.4. The van der Waals surface area contributed by atoms with E-state index in [0.29, 0.717) is 11.1 Å². The van der Waals surface area contributed by atoms with Gasteiger partial charge >= 0.3 is 5.97 Å². The maximum atomic E-state index is 10.8. The van der Waals surface area contributed by atoms with Crippen molar-refractivity contribution in [1.29, 1.82) is 0 Å². The van der Waals surface area contributed by atoms with Crippen LogP contribution in [-0.2, 0) is 16.1 Å². The number of aliphatic hydroxyl groups is 1. The van der Waals surface area contributed by atoms with E-state index in [-0.39, 0.29) is 29.4 Å². The second kappa shape index (κ2) is 11.3. The highest BCUT2D eigenvalue weighted by Crippen LogP contribution is 2.21. The average molecular weight is 363 g/mol. The number of Topliss-reactive ketones (excluding diaryl/α,β-unsaturated/α-hetero) is 1. The minimum absolute atomic E-state index is 0.0735. The van der Waals surface area contributed by atoms with Crippen LogP contribution in [0.5, 0.6) is 0 Å². The van der Waals surface area contributed by atoms with E-state index in [9.17, 15) is 19.7 Å². The molecule has 0 radical (unpaired) electrons. The lowest BCUT2D eigenvalue weighted by Gasteiger charge is -2.02. The first-order valence-electron chi connectivity index (χ1n) is 7.38. The Morgan fingerprint density at radius 1 is 1.35 bits per heavy atom. The molecule has 0 saturated carbocycles. The number of rotatable bonds is 7. The van der Waals surface area contributed by atoms with Crippen molar-refractivity contribution < 1.29 is 29.5 Å². The number of methoxy groups -OCH3 is 1. The van der Waals surface area contributed by atoms with Crippen LogP contribution in [0.15, 0.2) is 54.3 Å². The molecule has 0 spiro atoms. The number of benzene rings is 1. The SMILES string of the molecule is C=C/C(O)=C(\C=C/C)C(C)=O.COCc1ccc(C(=O)O)cc1[N+](=O)[O-]. The maximum absolute atomic E-state index is 10.8. The van der Waals surface area contributed by atoms with Gasteiger partial charge in [-0.3, -0.25) is 14.9 Å². The van der Waals surface area contributed by atoms with Crippen molar-refractivity contribution in [3.8, 4) is 0 Å². The van der Waals surface area contributed by atoms with Gasteiger partial charge in [0, 0.05) is 13.2 Å². The lowest BCUT2D eigenvalue weighted by Crippen LogP contribution is -2.02. The van der Waals surface area contributed by atoms with Crippen molar-refractivity contribution in [2.24, 2.45) is 0 Å². The fourth-order valence-corrected chi connectivity index (χ4v) is 1.80. The van der Waals surface area contributed by atoms with E-state index < -0.39 is 10.9 Å². The first kappa shape index (κ1) is 22.7. The Bertz CT molecular complexity index is 748. The number of carbonyl (C=O) groups excluding carboxylic acids is 1. The van der Waals surface area contributed by atoms with Crippen LogP contribution < -0.4 is 0 Å². The van der Waals surface area contributed by atoms with Gasteiger partial charge in [0.15, 0.2) is 5.78 Å². The van der Waals surface area contributed by atoms with Gasteiger partial charge in [-0.2, -0.15) is 0 Å². The highest BCUT2D eigenvalue weighted by atomic mass is 16.6. The number of hydrogen-bond acceptors (Lipinski definition) is 6. The highest BCUT2D eigenvalue weighted by Gasteiger charge is 2.16. The molecule has 1 rings (SSSR count). The molecule has 0 amide bonds. The van der Waals surface area contributed by atoms with Gasteiger partial charge in [-0.25, -0.2) is 4.79 Å². The summed E-state index contributed by atoms with van der Waals surface area (Å²) >= 11 is 0. The third-order valence-corrected chi connectivity index (χ3v) is 3.01. The number of carboxylic acids is 1. The molecule has 8 nitrogen and oxygen atoms in total. The molecule has 0 aliphatic heterocycles. The molecule has 2 N–H and O–H groups in total. The van der Waals surface area contributed by atoms with Crippen molar-refractivity contribution in [3.63, 3.8) is 0 Å². The van der Waals surface area contributed by atoms with Gasteiger partial charge in [-0.15, -0.1) is 0 Å². The van der Waals surface area contributed by atoms with Crippen LogP contribution >= 0.6 is 0 Å². The van der Waals surface area contributed by atoms with Crippen molar-refractivity contribution >= 4 is 17.4 Å². The van der Waals surface area contributed by atoms with Crippen LogP contribution in [0, 0.1) is 10.1 Å². The number of carbonyl (C=O) groups is 2. The second-order valence-electron chi connectivity index (χ2n) is 4.90. The quantitative estimate of drug-likeness (QED) is 0.249. The fraction of sp³-hybridized carbons (Fsp3) is 0.222. The Morgan fingerprint density at radius 3 is 2.35 bits per heavy atom. The van der Waals surface area contributed by atoms with E-state index in [4.69, 9.17) is 14.9 Å². The lowest BCUT2D eigenvalue weighted by atomic mass is 10.1. The molecule has 26 heavy (non-hydrogen) atoms. The van der Waals surface area contributed by atoms with Gasteiger partial charge in [-0.1, -0.05) is 18.7 Å². The standard InChI is InChI=1S/C9H9NO5.C9H12O2/c1-15-5-7-3-2-6(9(11)12)4-8(7)10(13)14;1-4-6-8(7(3)10)9(11)5-2/h2-4H,5H2,1H3,(H,11,12);4-6,11H,2H2,1,3H3/b;6-4-,9-8-. The molecule has 140 valence electrons. The molecule has 0 saturated heterocycles. The Morgan fingerprint density at radius 2 is 1.96 bits per heavy atom. The van der Waals surface area contributed by atoms with E-state index in [2.05, 4.69) is 6.58 Å². The van der Waals surface area contributed by atoms with E-state index in [0.717, 1.165) is 6.07 Å². The van der Waals surface area contributed by atoms with Gasteiger partial charge in [0.25, 0.3) is 5.69 Å². The predicted molar refractivity (Wildman–Crippen MR) is 96.1 cm³/mol. The van der Waals surface area contributed by atoms with Crippen LogP contribution in [0.2, 0.25) is 0 Å². The Balaban J connectivity index is 0.000000508. The average Bonchev–Trinajstić information content (AvgIpc) is 2.59. The Hall–Kier alpha value is -3.26.